The van der Waals surface area contributed by atoms with Crippen LogP contribution in [0.3, 0.4) is 0 Å². The minimum absolute atomic E-state index is 0.00636. The maximum atomic E-state index is 11.1. The Balaban J connectivity index is 2.15. The van der Waals surface area contributed by atoms with Gasteiger partial charge in [0.1, 0.15) is 5.76 Å². The first-order valence-corrected chi connectivity index (χ1v) is 6.54. The predicted molar refractivity (Wildman–Crippen MR) is 72.8 cm³/mol. The fourth-order valence-corrected chi connectivity index (χ4v) is 2.52. The maximum absolute atomic E-state index is 11.1. The molecule has 0 radical (unpaired) electrons. The van der Waals surface area contributed by atoms with Gasteiger partial charge in [0.05, 0.1) is 12.1 Å². The molecule has 1 aliphatic rings. The number of aliphatic hydroxyl groups excluding tert-OH is 1. The Labute approximate surface area is 113 Å². The van der Waals surface area contributed by atoms with E-state index in [-0.39, 0.29) is 17.4 Å². The number of hydrogen-bond acceptors (Lipinski definition) is 3. The topological polar surface area (TPSA) is 60.8 Å². The molecule has 4 heteroatoms. The molecule has 1 aliphatic heterocycles. The maximum Gasteiger partial charge on any atom is 0.335 e. The van der Waals surface area contributed by atoms with Crippen LogP contribution in [0.15, 0.2) is 41.7 Å². The van der Waals surface area contributed by atoms with E-state index in [1.807, 2.05) is 37.3 Å². The summed E-state index contributed by atoms with van der Waals surface area (Å²) in [7, 11) is 0. The van der Waals surface area contributed by atoms with Crippen LogP contribution in [0.25, 0.3) is 0 Å². The van der Waals surface area contributed by atoms with E-state index < -0.39 is 5.97 Å². The second-order valence-corrected chi connectivity index (χ2v) is 4.89. The zero-order chi connectivity index (χ0) is 13.8. The van der Waals surface area contributed by atoms with Gasteiger partial charge in [0.15, 0.2) is 0 Å². The smallest absolute Gasteiger partial charge is 0.335 e. The summed E-state index contributed by atoms with van der Waals surface area (Å²) in [5, 5.41) is 18.9. The van der Waals surface area contributed by atoms with E-state index in [0.29, 0.717) is 13.0 Å². The van der Waals surface area contributed by atoms with Gasteiger partial charge in [0.2, 0.25) is 0 Å². The fourth-order valence-electron chi connectivity index (χ4n) is 2.52. The lowest BCUT2D eigenvalue weighted by Gasteiger charge is -2.35. The summed E-state index contributed by atoms with van der Waals surface area (Å²) in [6, 6.07) is 10.2. The monoisotopic (exact) mass is 261 g/mol. The Morgan fingerprint density at radius 2 is 2.05 bits per heavy atom. The molecule has 0 fully saturated rings. The molecular formula is C15H19NO3. The highest BCUT2D eigenvalue weighted by Gasteiger charge is 2.29. The molecule has 1 unspecified atom stereocenters. The summed E-state index contributed by atoms with van der Waals surface area (Å²) in [4.78, 5) is 13.2. The number of carboxylic acids is 1. The molecule has 0 amide bonds. The van der Waals surface area contributed by atoms with Gasteiger partial charge in [-0.25, -0.2) is 4.79 Å². The van der Waals surface area contributed by atoms with Crippen molar-refractivity contribution >= 4 is 5.97 Å². The molecule has 1 atom stereocenters. The van der Waals surface area contributed by atoms with Crippen molar-refractivity contribution in [2.75, 3.05) is 6.54 Å². The van der Waals surface area contributed by atoms with Gasteiger partial charge in [-0.05, 0) is 18.4 Å². The molecule has 2 N–H and O–H groups in total. The highest BCUT2D eigenvalue weighted by atomic mass is 16.4. The van der Waals surface area contributed by atoms with Crippen molar-refractivity contribution in [2.45, 2.75) is 32.4 Å². The van der Waals surface area contributed by atoms with E-state index in [1.165, 1.54) is 5.56 Å². The summed E-state index contributed by atoms with van der Waals surface area (Å²) >= 11 is 0. The van der Waals surface area contributed by atoms with Crippen LogP contribution in [-0.2, 0) is 11.3 Å². The second kappa shape index (κ2) is 5.89. The predicted octanol–water partition coefficient (Wildman–Crippen LogP) is 2.57. The van der Waals surface area contributed by atoms with Crippen LogP contribution in [0.1, 0.15) is 25.3 Å². The van der Waals surface area contributed by atoms with Gasteiger partial charge < -0.3 is 10.2 Å². The third-order valence-corrected chi connectivity index (χ3v) is 3.62. The van der Waals surface area contributed by atoms with Crippen LogP contribution in [0.5, 0.6) is 0 Å². The number of nitrogens with zero attached hydrogens (tertiary/aromatic N) is 1. The number of carbonyl (C=O) groups is 1. The molecule has 1 aromatic carbocycles. The van der Waals surface area contributed by atoms with Crippen molar-refractivity contribution in [1.82, 2.24) is 4.90 Å². The molecule has 2 rings (SSSR count). The van der Waals surface area contributed by atoms with E-state index in [9.17, 15) is 9.90 Å². The van der Waals surface area contributed by atoms with Gasteiger partial charge in [-0.3, -0.25) is 4.90 Å². The summed E-state index contributed by atoms with van der Waals surface area (Å²) in [5.41, 5.74) is 1.34. The first-order valence-electron chi connectivity index (χ1n) is 6.54. The summed E-state index contributed by atoms with van der Waals surface area (Å²) in [6.45, 7) is 3.09. The number of hydrogen-bond donors (Lipinski definition) is 2. The van der Waals surface area contributed by atoms with Crippen molar-refractivity contribution in [3.8, 4) is 0 Å². The summed E-state index contributed by atoms with van der Waals surface area (Å²) in [6.07, 6.45) is 1.28. The lowest BCUT2D eigenvalue weighted by Crippen LogP contribution is -2.41. The fraction of sp³-hybridized carbons (Fsp3) is 0.400. The highest BCUT2D eigenvalue weighted by molar-refractivity contribution is 5.87. The molecule has 1 aromatic rings. The van der Waals surface area contributed by atoms with Crippen LogP contribution < -0.4 is 0 Å². The van der Waals surface area contributed by atoms with Crippen LogP contribution in [-0.4, -0.2) is 33.7 Å². The zero-order valence-corrected chi connectivity index (χ0v) is 11.0. The Hall–Kier alpha value is -1.81. The highest BCUT2D eigenvalue weighted by Crippen LogP contribution is 2.25. The van der Waals surface area contributed by atoms with Crippen molar-refractivity contribution < 1.29 is 15.0 Å². The summed E-state index contributed by atoms with van der Waals surface area (Å²) in [5.74, 6) is -1.01. The normalized spacial score (nSPS) is 20.6. The molecule has 0 spiro atoms. The second-order valence-electron chi connectivity index (χ2n) is 4.89. The Morgan fingerprint density at radius 3 is 2.63 bits per heavy atom. The van der Waals surface area contributed by atoms with Crippen LogP contribution in [0, 0.1) is 0 Å². The standard InChI is InChI=1S/C15H19NO3/c1-2-12-8-13(15(18)19)14(17)10-16(12)9-11-6-4-3-5-7-11/h3-7,12,17H,2,8-10H2,1H3,(H,18,19). The molecule has 0 saturated heterocycles. The number of carboxylic acid groups (broad SMARTS) is 1. The van der Waals surface area contributed by atoms with Crippen LogP contribution in [0.4, 0.5) is 0 Å². The molecule has 0 bridgehead atoms. The van der Waals surface area contributed by atoms with Gasteiger partial charge in [-0.1, -0.05) is 37.3 Å². The van der Waals surface area contributed by atoms with E-state index in [4.69, 9.17) is 5.11 Å². The van der Waals surface area contributed by atoms with Crippen molar-refractivity contribution in [3.05, 3.63) is 47.2 Å². The minimum Gasteiger partial charge on any atom is -0.510 e. The van der Waals surface area contributed by atoms with E-state index in [0.717, 1.165) is 13.0 Å². The number of aliphatic carboxylic acids is 1. The van der Waals surface area contributed by atoms with E-state index >= 15 is 0 Å². The zero-order valence-electron chi connectivity index (χ0n) is 11.0. The average Bonchev–Trinajstić information content (AvgIpc) is 2.39. The van der Waals surface area contributed by atoms with Gasteiger partial charge in [-0.2, -0.15) is 0 Å². The van der Waals surface area contributed by atoms with Crippen LogP contribution in [0.2, 0.25) is 0 Å². The summed E-state index contributed by atoms with van der Waals surface area (Å²) < 4.78 is 0. The van der Waals surface area contributed by atoms with E-state index in [1.54, 1.807) is 0 Å². The van der Waals surface area contributed by atoms with Gasteiger partial charge >= 0.3 is 5.97 Å². The van der Waals surface area contributed by atoms with Crippen molar-refractivity contribution in [1.29, 1.82) is 0 Å². The third-order valence-electron chi connectivity index (χ3n) is 3.62. The molecule has 0 aromatic heterocycles. The number of rotatable bonds is 4. The van der Waals surface area contributed by atoms with Gasteiger partial charge in [-0.15, -0.1) is 0 Å². The Morgan fingerprint density at radius 1 is 1.37 bits per heavy atom. The first kappa shape index (κ1) is 13.6. The Kier molecular flexibility index (Phi) is 4.22. The van der Waals surface area contributed by atoms with E-state index in [2.05, 4.69) is 4.90 Å². The lowest BCUT2D eigenvalue weighted by molar-refractivity contribution is -0.133. The SMILES string of the molecule is CCC1CC(C(=O)O)=C(O)CN1Cc1ccccc1. The molecule has 102 valence electrons. The lowest BCUT2D eigenvalue weighted by atomic mass is 9.96. The van der Waals surface area contributed by atoms with Crippen molar-refractivity contribution in [3.63, 3.8) is 0 Å². The number of benzene rings is 1. The minimum atomic E-state index is -1.00. The Bertz CT molecular complexity index is 481. The average molecular weight is 261 g/mol. The van der Waals surface area contributed by atoms with Crippen molar-refractivity contribution in [2.24, 2.45) is 0 Å². The third kappa shape index (κ3) is 3.15. The number of aliphatic hydroxyl groups is 1. The molecular weight excluding hydrogens is 242 g/mol. The van der Waals surface area contributed by atoms with Gasteiger partial charge in [0.25, 0.3) is 0 Å². The molecule has 19 heavy (non-hydrogen) atoms. The molecule has 4 nitrogen and oxygen atoms in total. The quantitative estimate of drug-likeness (QED) is 0.874. The largest absolute Gasteiger partial charge is 0.510 e. The molecule has 1 heterocycles. The molecule has 0 aliphatic carbocycles. The molecule has 0 saturated carbocycles. The van der Waals surface area contributed by atoms with Crippen LogP contribution >= 0.6 is 0 Å². The first-order chi connectivity index (χ1) is 9.11. The van der Waals surface area contributed by atoms with Gasteiger partial charge in [0, 0.05) is 12.6 Å².